The van der Waals surface area contributed by atoms with Gasteiger partial charge in [-0.2, -0.15) is 0 Å². The Hall–Kier alpha value is 0.0600. The Morgan fingerprint density at radius 3 is 1.51 bits per heavy atom. The van der Waals surface area contributed by atoms with Crippen molar-refractivity contribution in [3.8, 4) is 0 Å². The Kier molecular flexibility index (Phi) is 12.7. The minimum absolute atomic E-state index is 0.134. The van der Waals surface area contributed by atoms with E-state index in [4.69, 9.17) is 59.2 Å². The van der Waals surface area contributed by atoms with Gasteiger partial charge in [-0.05, 0) is 79.0 Å². The predicted octanol–water partition coefficient (Wildman–Crippen LogP) is 9.36. The van der Waals surface area contributed by atoms with E-state index in [-0.39, 0.29) is 10.8 Å². The molecule has 228 valence electrons. The third-order valence-corrected chi connectivity index (χ3v) is 11.8. The number of ether oxygens (including phenoxy) is 2. The van der Waals surface area contributed by atoms with Crippen LogP contribution in [0.5, 0.6) is 0 Å². The van der Waals surface area contributed by atoms with Crippen LogP contribution in [0.1, 0.15) is 70.9 Å². The zero-order valence-electron chi connectivity index (χ0n) is 25.0. The third-order valence-electron chi connectivity index (χ3n) is 7.94. The summed E-state index contributed by atoms with van der Waals surface area (Å²) in [7, 11) is 0. The van der Waals surface area contributed by atoms with Gasteiger partial charge in [0.1, 0.15) is 9.28 Å². The minimum Gasteiger partial charge on any atom is -0.381 e. The number of thioether (sulfide) groups is 2. The second kappa shape index (κ2) is 15.4. The van der Waals surface area contributed by atoms with Crippen molar-refractivity contribution in [1.29, 1.82) is 0 Å². The quantitative estimate of drug-likeness (QED) is 0.105. The number of thiol groups is 2. The van der Waals surface area contributed by atoms with Gasteiger partial charge in [0, 0.05) is 60.8 Å². The fraction of sp³-hybridized carbons (Fsp3) is 0.677. The molecule has 0 radical (unpaired) electrons. The molecule has 0 atom stereocenters. The molecule has 0 unspecified atom stereocenters. The first-order valence-corrected chi connectivity index (χ1v) is 18.5. The van der Waals surface area contributed by atoms with Crippen molar-refractivity contribution in [3.05, 3.63) is 32.5 Å². The first kappa shape index (κ1) is 33.9. The monoisotopic (exact) mass is 670 g/mol. The fourth-order valence-electron chi connectivity index (χ4n) is 5.66. The lowest BCUT2D eigenvalue weighted by Crippen LogP contribution is -2.22. The van der Waals surface area contributed by atoms with Gasteiger partial charge in [-0.15, -0.1) is 48.8 Å². The van der Waals surface area contributed by atoms with Crippen LogP contribution < -0.4 is 0 Å². The summed E-state index contributed by atoms with van der Waals surface area (Å²) in [6.45, 7) is 14.1. The number of hydrogen-bond acceptors (Lipinski definition) is 8. The Labute approximate surface area is 277 Å². The minimum atomic E-state index is 0.134. The van der Waals surface area contributed by atoms with Crippen molar-refractivity contribution in [2.75, 3.05) is 37.9 Å². The van der Waals surface area contributed by atoms with Crippen molar-refractivity contribution < 1.29 is 9.47 Å². The summed E-state index contributed by atoms with van der Waals surface area (Å²) in [5.41, 5.74) is 3.00. The molecule has 4 nitrogen and oxygen atoms in total. The average Bonchev–Trinajstić information content (AvgIpc) is 3.57. The molecule has 0 spiro atoms. The summed E-state index contributed by atoms with van der Waals surface area (Å²) in [5, 5.41) is 2.11. The molecule has 0 N–H and O–H groups in total. The third kappa shape index (κ3) is 9.52. The molecular weight excluding hydrogens is 625 g/mol. The van der Waals surface area contributed by atoms with Crippen LogP contribution in [-0.2, 0) is 35.4 Å². The number of fused-ring (bicyclic) bond motifs is 2. The number of pyridine rings is 2. The highest BCUT2D eigenvalue weighted by molar-refractivity contribution is 8.00. The lowest BCUT2D eigenvalue weighted by atomic mass is 9.87. The SMILES string of the molecule is CC(C)(CCCOCCCOCCCC(C)(C)Cn1c(S)c2c(cc1=S)SCC2)Cn1c(S)c2c(cc1=S)SCC2. The van der Waals surface area contributed by atoms with E-state index in [1.165, 1.54) is 20.9 Å². The van der Waals surface area contributed by atoms with Crippen LogP contribution in [0.4, 0.5) is 0 Å². The molecule has 0 bridgehead atoms. The maximum atomic E-state index is 5.92. The zero-order chi connectivity index (χ0) is 29.6. The second-order valence-electron chi connectivity index (χ2n) is 12.8. The number of nitrogens with zero attached hydrogens (tertiary/aromatic N) is 2. The largest absolute Gasteiger partial charge is 0.381 e. The summed E-state index contributed by atoms with van der Waals surface area (Å²) < 4.78 is 18.1. The Balaban J connectivity index is 1.06. The van der Waals surface area contributed by atoms with Crippen LogP contribution >= 0.6 is 73.2 Å². The summed E-state index contributed by atoms with van der Waals surface area (Å²) >= 11 is 24.9. The standard InChI is InChI=1S/C31H46N2O2S6/c1-30(2,20-32-26(36)18-24-22(28(32)38)8-16-40-24)10-5-12-34-14-7-15-35-13-6-11-31(3,4)21-33-27(37)19-25-23(29(33)39)9-17-41-25/h18-19,38-39H,5-17,20-21H2,1-4H3. The molecule has 2 aliphatic heterocycles. The Morgan fingerprint density at radius 1 is 0.707 bits per heavy atom. The van der Waals surface area contributed by atoms with E-state index in [1.807, 2.05) is 23.5 Å². The van der Waals surface area contributed by atoms with Gasteiger partial charge < -0.3 is 18.6 Å². The summed E-state index contributed by atoms with van der Waals surface area (Å²) in [4.78, 5) is 2.63. The average molecular weight is 671 g/mol. The van der Waals surface area contributed by atoms with E-state index < -0.39 is 0 Å². The lowest BCUT2D eigenvalue weighted by molar-refractivity contribution is 0.0721. The highest BCUT2D eigenvalue weighted by atomic mass is 32.2. The van der Waals surface area contributed by atoms with Crippen molar-refractivity contribution in [2.24, 2.45) is 10.8 Å². The van der Waals surface area contributed by atoms with E-state index in [1.54, 1.807) is 0 Å². The van der Waals surface area contributed by atoms with Gasteiger partial charge in [-0.1, -0.05) is 52.1 Å². The molecular formula is C31H46N2O2S6. The first-order valence-electron chi connectivity index (χ1n) is 14.8. The Morgan fingerprint density at radius 2 is 1.10 bits per heavy atom. The summed E-state index contributed by atoms with van der Waals surface area (Å²) in [6.07, 6.45) is 7.37. The first-order chi connectivity index (χ1) is 19.5. The van der Waals surface area contributed by atoms with Gasteiger partial charge in [0.2, 0.25) is 0 Å². The van der Waals surface area contributed by atoms with E-state index in [0.29, 0.717) is 0 Å². The van der Waals surface area contributed by atoms with Crippen molar-refractivity contribution in [2.45, 2.75) is 106 Å². The smallest absolute Gasteiger partial charge is 0.107 e. The fourth-order valence-corrected chi connectivity index (χ4v) is 9.65. The predicted molar refractivity (Wildman–Crippen MR) is 186 cm³/mol. The van der Waals surface area contributed by atoms with Crippen LogP contribution in [0.25, 0.3) is 0 Å². The van der Waals surface area contributed by atoms with Crippen LogP contribution in [0.2, 0.25) is 0 Å². The normalized spacial score (nSPS) is 15.0. The van der Waals surface area contributed by atoms with Crippen LogP contribution in [-0.4, -0.2) is 47.1 Å². The second-order valence-corrected chi connectivity index (χ2v) is 16.7. The molecule has 2 aliphatic rings. The number of rotatable bonds is 16. The van der Waals surface area contributed by atoms with Gasteiger partial charge in [0.25, 0.3) is 0 Å². The van der Waals surface area contributed by atoms with E-state index in [9.17, 15) is 0 Å². The molecule has 4 rings (SSSR count). The molecule has 2 aromatic rings. The van der Waals surface area contributed by atoms with E-state index >= 15 is 0 Å². The molecule has 0 aromatic carbocycles. The van der Waals surface area contributed by atoms with E-state index in [0.717, 1.165) is 115 Å². The zero-order valence-corrected chi connectivity index (χ0v) is 30.1. The van der Waals surface area contributed by atoms with Crippen molar-refractivity contribution >= 4 is 73.2 Å². The molecule has 0 fully saturated rings. The Bertz CT molecular complexity index is 1220. The maximum Gasteiger partial charge on any atom is 0.107 e. The number of aromatic nitrogens is 2. The van der Waals surface area contributed by atoms with Gasteiger partial charge in [0.15, 0.2) is 0 Å². The van der Waals surface area contributed by atoms with Gasteiger partial charge in [-0.25, -0.2) is 0 Å². The molecule has 0 saturated carbocycles. The maximum absolute atomic E-state index is 5.92. The molecule has 2 aromatic heterocycles. The summed E-state index contributed by atoms with van der Waals surface area (Å²) in [5.74, 6) is 2.27. The highest BCUT2D eigenvalue weighted by Crippen LogP contribution is 2.38. The molecule has 41 heavy (non-hydrogen) atoms. The molecule has 10 heteroatoms. The van der Waals surface area contributed by atoms with Crippen molar-refractivity contribution in [1.82, 2.24) is 9.13 Å². The van der Waals surface area contributed by atoms with Gasteiger partial charge in [0.05, 0.1) is 10.1 Å². The topological polar surface area (TPSA) is 28.3 Å². The van der Waals surface area contributed by atoms with Crippen molar-refractivity contribution in [3.63, 3.8) is 0 Å². The molecule has 0 aliphatic carbocycles. The highest BCUT2D eigenvalue weighted by Gasteiger charge is 2.24. The molecule has 0 saturated heterocycles. The lowest BCUT2D eigenvalue weighted by Gasteiger charge is -2.28. The molecule has 4 heterocycles. The van der Waals surface area contributed by atoms with Crippen LogP contribution in [0.3, 0.4) is 0 Å². The van der Waals surface area contributed by atoms with Gasteiger partial charge in [-0.3, -0.25) is 0 Å². The summed E-state index contributed by atoms with van der Waals surface area (Å²) in [6, 6.07) is 4.32. The molecule has 0 amide bonds. The van der Waals surface area contributed by atoms with Crippen LogP contribution in [0.15, 0.2) is 32.0 Å². The van der Waals surface area contributed by atoms with E-state index in [2.05, 4.69) is 49.0 Å². The van der Waals surface area contributed by atoms with Gasteiger partial charge >= 0.3 is 0 Å². The number of hydrogen-bond donors (Lipinski definition) is 2. The van der Waals surface area contributed by atoms with Crippen LogP contribution in [0, 0.1) is 20.1 Å².